The van der Waals surface area contributed by atoms with E-state index in [4.69, 9.17) is 0 Å². The standard InChI is InChI=1S/C24H31N3O3S/c1-4-26(5-2)16-8-15-25-24(28)18-27-17-23(21-9-6-7-10-22(21)27)31(29,30)20-13-11-19(3)12-14-20/h6-7,9-14,17H,4-5,8,15-16,18H2,1-3H3,(H,25,28). The molecule has 1 N–H and O–H groups in total. The van der Waals surface area contributed by atoms with Gasteiger partial charge in [0.1, 0.15) is 6.54 Å². The van der Waals surface area contributed by atoms with Gasteiger partial charge in [-0.2, -0.15) is 0 Å². The van der Waals surface area contributed by atoms with Gasteiger partial charge in [-0.3, -0.25) is 4.79 Å². The van der Waals surface area contributed by atoms with Crippen molar-refractivity contribution in [2.75, 3.05) is 26.2 Å². The highest BCUT2D eigenvalue weighted by Gasteiger charge is 2.23. The molecule has 6 nitrogen and oxygen atoms in total. The second kappa shape index (κ2) is 10.1. The molecule has 0 aliphatic rings. The van der Waals surface area contributed by atoms with Crippen LogP contribution in [0.2, 0.25) is 0 Å². The van der Waals surface area contributed by atoms with E-state index in [0.717, 1.165) is 37.1 Å². The van der Waals surface area contributed by atoms with E-state index in [1.54, 1.807) is 41.1 Å². The zero-order valence-corrected chi connectivity index (χ0v) is 19.3. The highest BCUT2D eigenvalue weighted by atomic mass is 32.2. The lowest BCUT2D eigenvalue weighted by Gasteiger charge is -2.17. The van der Waals surface area contributed by atoms with E-state index in [1.165, 1.54) is 0 Å². The molecular weight excluding hydrogens is 410 g/mol. The summed E-state index contributed by atoms with van der Waals surface area (Å²) in [5.74, 6) is -0.125. The summed E-state index contributed by atoms with van der Waals surface area (Å²) in [6.45, 7) is 9.79. The summed E-state index contributed by atoms with van der Waals surface area (Å²) in [5, 5.41) is 3.57. The van der Waals surface area contributed by atoms with Gasteiger partial charge >= 0.3 is 0 Å². The minimum absolute atomic E-state index is 0.0786. The molecule has 3 rings (SSSR count). The van der Waals surface area contributed by atoms with Crippen LogP contribution >= 0.6 is 0 Å². The number of fused-ring (bicyclic) bond motifs is 1. The highest BCUT2D eigenvalue weighted by molar-refractivity contribution is 7.91. The molecule has 0 bridgehead atoms. The molecule has 0 radical (unpaired) electrons. The van der Waals surface area contributed by atoms with Crippen molar-refractivity contribution in [2.24, 2.45) is 0 Å². The van der Waals surface area contributed by atoms with E-state index in [2.05, 4.69) is 24.1 Å². The second-order valence-corrected chi connectivity index (χ2v) is 9.60. The molecule has 1 aromatic heterocycles. The van der Waals surface area contributed by atoms with Crippen molar-refractivity contribution in [3.63, 3.8) is 0 Å². The minimum atomic E-state index is -3.69. The number of nitrogens with one attached hydrogen (secondary N) is 1. The number of aryl methyl sites for hydroxylation is 1. The number of sulfone groups is 1. The predicted molar refractivity (Wildman–Crippen MR) is 124 cm³/mol. The average Bonchev–Trinajstić information content (AvgIpc) is 3.13. The molecule has 7 heteroatoms. The molecular formula is C24H31N3O3S. The first-order valence-corrected chi connectivity index (χ1v) is 12.2. The molecule has 3 aromatic rings. The largest absolute Gasteiger partial charge is 0.355 e. The topological polar surface area (TPSA) is 71.4 Å². The Morgan fingerprint density at radius 2 is 1.71 bits per heavy atom. The van der Waals surface area contributed by atoms with E-state index in [1.807, 2.05) is 25.1 Å². The van der Waals surface area contributed by atoms with E-state index < -0.39 is 9.84 Å². The molecule has 166 valence electrons. The molecule has 0 aliphatic heterocycles. The van der Waals surface area contributed by atoms with Crippen molar-refractivity contribution < 1.29 is 13.2 Å². The summed E-state index contributed by atoms with van der Waals surface area (Å²) in [6, 6.07) is 14.1. The smallest absolute Gasteiger partial charge is 0.239 e. The maximum Gasteiger partial charge on any atom is 0.239 e. The van der Waals surface area contributed by atoms with Crippen molar-refractivity contribution in [2.45, 2.75) is 43.5 Å². The second-order valence-electron chi connectivity index (χ2n) is 7.69. The summed E-state index contributed by atoms with van der Waals surface area (Å²) in [6.07, 6.45) is 2.46. The quantitative estimate of drug-likeness (QED) is 0.488. The summed E-state index contributed by atoms with van der Waals surface area (Å²) in [4.78, 5) is 15.3. The number of rotatable bonds is 10. The summed E-state index contributed by atoms with van der Waals surface area (Å²) in [7, 11) is -3.69. The Kier molecular flexibility index (Phi) is 7.51. The molecule has 0 saturated carbocycles. The van der Waals surface area contributed by atoms with Gasteiger partial charge < -0.3 is 14.8 Å². The Labute approximate surface area is 184 Å². The van der Waals surface area contributed by atoms with Gasteiger partial charge in [0.15, 0.2) is 0 Å². The first-order valence-electron chi connectivity index (χ1n) is 10.8. The van der Waals surface area contributed by atoms with Gasteiger partial charge in [-0.05, 0) is 51.2 Å². The number of carbonyl (C=O) groups excluding carboxylic acids is 1. The van der Waals surface area contributed by atoms with Crippen LogP contribution in [0, 0.1) is 6.92 Å². The van der Waals surface area contributed by atoms with Crippen molar-refractivity contribution >= 4 is 26.6 Å². The lowest BCUT2D eigenvalue weighted by atomic mass is 10.2. The number of nitrogens with zero attached hydrogens (tertiary/aromatic N) is 2. The van der Waals surface area contributed by atoms with Crippen LogP contribution in [-0.2, 0) is 21.2 Å². The Morgan fingerprint density at radius 3 is 2.39 bits per heavy atom. The van der Waals surface area contributed by atoms with E-state index in [-0.39, 0.29) is 22.2 Å². The van der Waals surface area contributed by atoms with Gasteiger partial charge in [-0.1, -0.05) is 49.7 Å². The number of hydrogen-bond acceptors (Lipinski definition) is 4. The number of para-hydroxylation sites is 1. The highest BCUT2D eigenvalue weighted by Crippen LogP contribution is 2.30. The van der Waals surface area contributed by atoms with E-state index in [9.17, 15) is 13.2 Å². The van der Waals surface area contributed by atoms with Crippen molar-refractivity contribution in [3.8, 4) is 0 Å². The Balaban J connectivity index is 1.78. The summed E-state index contributed by atoms with van der Waals surface area (Å²) < 4.78 is 28.3. The third-order valence-corrected chi connectivity index (χ3v) is 7.35. The van der Waals surface area contributed by atoms with Crippen molar-refractivity contribution in [1.82, 2.24) is 14.8 Å². The third kappa shape index (κ3) is 5.35. The normalized spacial score (nSPS) is 11.9. The molecule has 2 aromatic carbocycles. The number of aromatic nitrogens is 1. The Morgan fingerprint density at radius 1 is 1.03 bits per heavy atom. The third-order valence-electron chi connectivity index (χ3n) is 5.55. The Hall–Kier alpha value is -2.64. The van der Waals surface area contributed by atoms with Crippen LogP contribution in [0.3, 0.4) is 0 Å². The molecule has 0 aliphatic carbocycles. The first kappa shape index (κ1) is 23.0. The number of hydrogen-bond donors (Lipinski definition) is 1. The molecule has 0 unspecified atom stereocenters. The van der Waals surface area contributed by atoms with Gasteiger partial charge in [-0.25, -0.2) is 8.42 Å². The van der Waals surface area contributed by atoms with Gasteiger partial charge in [0.2, 0.25) is 15.7 Å². The van der Waals surface area contributed by atoms with Crippen LogP contribution in [0.1, 0.15) is 25.8 Å². The predicted octanol–water partition coefficient (Wildman–Crippen LogP) is 3.63. The molecule has 0 spiro atoms. The zero-order valence-electron chi connectivity index (χ0n) is 18.5. The number of carbonyl (C=O) groups is 1. The first-order chi connectivity index (χ1) is 14.9. The number of amides is 1. The summed E-state index contributed by atoms with van der Waals surface area (Å²) >= 11 is 0. The molecule has 0 fully saturated rings. The minimum Gasteiger partial charge on any atom is -0.355 e. The fourth-order valence-corrected chi connectivity index (χ4v) is 5.16. The molecule has 0 saturated heterocycles. The van der Waals surface area contributed by atoms with Gasteiger partial charge in [-0.15, -0.1) is 0 Å². The van der Waals surface area contributed by atoms with E-state index >= 15 is 0 Å². The van der Waals surface area contributed by atoms with Crippen LogP contribution in [0.15, 0.2) is 64.5 Å². The monoisotopic (exact) mass is 441 g/mol. The molecule has 1 amide bonds. The maximum absolute atomic E-state index is 13.3. The SMILES string of the molecule is CCN(CC)CCCNC(=O)Cn1cc(S(=O)(=O)c2ccc(C)cc2)c2ccccc21. The average molecular weight is 442 g/mol. The van der Waals surface area contributed by atoms with Gasteiger partial charge in [0.25, 0.3) is 0 Å². The molecule has 1 heterocycles. The maximum atomic E-state index is 13.3. The van der Waals surface area contributed by atoms with Crippen LogP contribution in [0.25, 0.3) is 10.9 Å². The Bertz CT molecular complexity index is 1130. The van der Waals surface area contributed by atoms with Crippen molar-refractivity contribution in [3.05, 3.63) is 60.3 Å². The van der Waals surface area contributed by atoms with Gasteiger partial charge in [0, 0.05) is 23.6 Å². The van der Waals surface area contributed by atoms with Gasteiger partial charge in [0.05, 0.1) is 9.79 Å². The summed E-state index contributed by atoms with van der Waals surface area (Å²) in [5.41, 5.74) is 1.73. The lowest BCUT2D eigenvalue weighted by Crippen LogP contribution is -2.31. The van der Waals surface area contributed by atoms with Crippen LogP contribution in [0.5, 0.6) is 0 Å². The van der Waals surface area contributed by atoms with Crippen LogP contribution in [0.4, 0.5) is 0 Å². The number of benzene rings is 2. The van der Waals surface area contributed by atoms with Crippen molar-refractivity contribution in [1.29, 1.82) is 0 Å². The zero-order chi connectivity index (χ0) is 22.4. The van der Waals surface area contributed by atoms with Crippen LogP contribution < -0.4 is 5.32 Å². The fourth-order valence-electron chi connectivity index (χ4n) is 3.68. The van der Waals surface area contributed by atoms with E-state index in [0.29, 0.717) is 11.9 Å². The molecule has 0 atom stereocenters. The lowest BCUT2D eigenvalue weighted by molar-refractivity contribution is -0.121. The fraction of sp³-hybridized carbons (Fsp3) is 0.375. The van der Waals surface area contributed by atoms with Crippen LogP contribution in [-0.4, -0.2) is 50.0 Å². The molecule has 31 heavy (non-hydrogen) atoms.